The van der Waals surface area contributed by atoms with Gasteiger partial charge in [-0.05, 0) is 30.7 Å². The van der Waals surface area contributed by atoms with Crippen LogP contribution in [0.3, 0.4) is 0 Å². The minimum absolute atomic E-state index is 0.0246. The molecule has 5 heteroatoms. The summed E-state index contributed by atoms with van der Waals surface area (Å²) in [5.41, 5.74) is 0.0246. The maximum atomic E-state index is 10.7. The molecule has 0 amide bonds. The van der Waals surface area contributed by atoms with Gasteiger partial charge in [0.15, 0.2) is 5.69 Å². The zero-order valence-corrected chi connectivity index (χ0v) is 9.18. The lowest BCUT2D eigenvalue weighted by molar-refractivity contribution is 0.0690. The summed E-state index contributed by atoms with van der Waals surface area (Å²) in [5, 5.41) is 11.8. The number of aromatic carboxylic acids is 1. The van der Waals surface area contributed by atoms with Gasteiger partial charge in [0, 0.05) is 12.7 Å². The predicted octanol–water partition coefficient (Wildman–Crippen LogP) is 1.63. The molecule has 1 aromatic heterocycles. The second kappa shape index (κ2) is 4.47. The van der Waals surface area contributed by atoms with Crippen LogP contribution in [0.2, 0.25) is 0 Å². The fourth-order valence-corrected chi connectivity index (χ4v) is 1.65. The average Bonchev–Trinajstić information content (AvgIpc) is 3.10. The number of aromatic nitrogens is 2. The quantitative estimate of drug-likeness (QED) is 0.790. The molecule has 1 fully saturated rings. The average molecular weight is 221 g/mol. The molecule has 0 radical (unpaired) electrons. The largest absolute Gasteiger partial charge is 0.477 e. The second-order valence-corrected chi connectivity index (χ2v) is 4.27. The number of hydrogen-bond donors (Lipinski definition) is 2. The molecular weight excluding hydrogens is 206 g/mol. The SMILES string of the molecule is CC(CNc1nccc(C(=O)O)n1)C1CC1. The number of rotatable bonds is 5. The number of nitrogens with one attached hydrogen (secondary N) is 1. The first-order chi connectivity index (χ1) is 7.66. The maximum absolute atomic E-state index is 10.7. The molecule has 2 N–H and O–H groups in total. The number of anilines is 1. The highest BCUT2D eigenvalue weighted by Gasteiger charge is 2.27. The zero-order valence-electron chi connectivity index (χ0n) is 9.18. The van der Waals surface area contributed by atoms with Crippen molar-refractivity contribution >= 4 is 11.9 Å². The molecule has 0 aromatic carbocycles. The number of carboxylic acid groups (broad SMARTS) is 1. The van der Waals surface area contributed by atoms with Crippen molar-refractivity contribution in [3.8, 4) is 0 Å². The minimum Gasteiger partial charge on any atom is -0.477 e. The fourth-order valence-electron chi connectivity index (χ4n) is 1.65. The molecule has 1 heterocycles. The van der Waals surface area contributed by atoms with Crippen LogP contribution in [0.25, 0.3) is 0 Å². The molecule has 2 rings (SSSR count). The van der Waals surface area contributed by atoms with Gasteiger partial charge in [-0.2, -0.15) is 0 Å². The predicted molar refractivity (Wildman–Crippen MR) is 59.4 cm³/mol. The van der Waals surface area contributed by atoms with E-state index >= 15 is 0 Å². The fraction of sp³-hybridized carbons (Fsp3) is 0.545. The molecule has 1 aliphatic rings. The summed E-state index contributed by atoms with van der Waals surface area (Å²) in [6.45, 7) is 2.99. The number of carbonyl (C=O) groups is 1. The lowest BCUT2D eigenvalue weighted by Gasteiger charge is -2.10. The van der Waals surface area contributed by atoms with E-state index in [4.69, 9.17) is 5.11 Å². The Hall–Kier alpha value is -1.65. The Kier molecular flexibility index (Phi) is 3.03. The van der Waals surface area contributed by atoms with Crippen LogP contribution in [-0.4, -0.2) is 27.6 Å². The van der Waals surface area contributed by atoms with Gasteiger partial charge in [-0.15, -0.1) is 0 Å². The van der Waals surface area contributed by atoms with Crippen molar-refractivity contribution < 1.29 is 9.90 Å². The van der Waals surface area contributed by atoms with E-state index in [1.807, 2.05) is 0 Å². The van der Waals surface area contributed by atoms with E-state index in [1.54, 1.807) is 0 Å². The van der Waals surface area contributed by atoms with Gasteiger partial charge in [0.2, 0.25) is 5.95 Å². The van der Waals surface area contributed by atoms with Crippen LogP contribution in [0.5, 0.6) is 0 Å². The van der Waals surface area contributed by atoms with Crippen molar-refractivity contribution in [2.45, 2.75) is 19.8 Å². The van der Waals surface area contributed by atoms with Gasteiger partial charge in [-0.3, -0.25) is 0 Å². The molecule has 1 atom stereocenters. The van der Waals surface area contributed by atoms with Crippen LogP contribution in [0.4, 0.5) is 5.95 Å². The Morgan fingerprint density at radius 1 is 1.69 bits per heavy atom. The van der Waals surface area contributed by atoms with Crippen molar-refractivity contribution in [1.29, 1.82) is 0 Å². The van der Waals surface area contributed by atoms with Crippen LogP contribution >= 0.6 is 0 Å². The van der Waals surface area contributed by atoms with Crippen molar-refractivity contribution in [3.63, 3.8) is 0 Å². The molecule has 16 heavy (non-hydrogen) atoms. The van der Waals surface area contributed by atoms with E-state index < -0.39 is 5.97 Å². The summed E-state index contributed by atoms with van der Waals surface area (Å²) in [4.78, 5) is 18.6. The van der Waals surface area contributed by atoms with Crippen LogP contribution in [0.15, 0.2) is 12.3 Å². The molecule has 1 aromatic rings. The van der Waals surface area contributed by atoms with Gasteiger partial charge in [0.05, 0.1) is 0 Å². The smallest absolute Gasteiger partial charge is 0.354 e. The van der Waals surface area contributed by atoms with E-state index in [9.17, 15) is 4.79 Å². The molecule has 1 aliphatic carbocycles. The first-order valence-corrected chi connectivity index (χ1v) is 5.47. The highest BCUT2D eigenvalue weighted by molar-refractivity contribution is 5.85. The molecule has 0 saturated heterocycles. The Bertz CT molecular complexity index is 391. The summed E-state index contributed by atoms with van der Waals surface area (Å²) in [7, 11) is 0. The Balaban J connectivity index is 1.92. The van der Waals surface area contributed by atoms with Gasteiger partial charge >= 0.3 is 5.97 Å². The third-order valence-electron chi connectivity index (χ3n) is 2.88. The molecular formula is C11H15N3O2. The Morgan fingerprint density at radius 3 is 3.06 bits per heavy atom. The summed E-state index contributed by atoms with van der Waals surface area (Å²) in [6.07, 6.45) is 4.07. The van der Waals surface area contributed by atoms with Crippen LogP contribution in [0, 0.1) is 11.8 Å². The number of nitrogens with zero attached hydrogens (tertiary/aromatic N) is 2. The molecule has 0 bridgehead atoms. The van der Waals surface area contributed by atoms with Crippen molar-refractivity contribution in [3.05, 3.63) is 18.0 Å². The van der Waals surface area contributed by atoms with Crippen LogP contribution in [-0.2, 0) is 0 Å². The number of carboxylic acids is 1. The summed E-state index contributed by atoms with van der Waals surface area (Å²) < 4.78 is 0. The lowest BCUT2D eigenvalue weighted by Crippen LogP contribution is -2.15. The van der Waals surface area contributed by atoms with Crippen molar-refractivity contribution in [1.82, 2.24) is 9.97 Å². The molecule has 5 nitrogen and oxygen atoms in total. The topological polar surface area (TPSA) is 75.1 Å². The third kappa shape index (κ3) is 2.68. The van der Waals surface area contributed by atoms with Crippen molar-refractivity contribution in [2.75, 3.05) is 11.9 Å². The highest BCUT2D eigenvalue weighted by Crippen LogP contribution is 2.36. The number of hydrogen-bond acceptors (Lipinski definition) is 4. The van der Waals surface area contributed by atoms with Gasteiger partial charge in [0.25, 0.3) is 0 Å². The minimum atomic E-state index is -1.03. The summed E-state index contributed by atoms with van der Waals surface area (Å²) in [6, 6.07) is 1.39. The van der Waals surface area contributed by atoms with Gasteiger partial charge in [-0.1, -0.05) is 6.92 Å². The zero-order chi connectivity index (χ0) is 11.5. The van der Waals surface area contributed by atoms with E-state index in [0.717, 1.165) is 12.5 Å². The molecule has 86 valence electrons. The Morgan fingerprint density at radius 2 is 2.44 bits per heavy atom. The summed E-state index contributed by atoms with van der Waals surface area (Å²) >= 11 is 0. The molecule has 0 aliphatic heterocycles. The van der Waals surface area contributed by atoms with Gasteiger partial charge < -0.3 is 10.4 Å². The van der Waals surface area contributed by atoms with Gasteiger partial charge in [-0.25, -0.2) is 14.8 Å². The van der Waals surface area contributed by atoms with E-state index in [1.165, 1.54) is 25.1 Å². The maximum Gasteiger partial charge on any atom is 0.354 e. The van der Waals surface area contributed by atoms with E-state index in [0.29, 0.717) is 11.9 Å². The Labute approximate surface area is 93.9 Å². The second-order valence-electron chi connectivity index (χ2n) is 4.27. The first kappa shape index (κ1) is 10.9. The standard InChI is InChI=1S/C11H15N3O2/c1-7(8-2-3-8)6-13-11-12-5-4-9(14-11)10(15)16/h4-5,7-8H,2-3,6H2,1H3,(H,15,16)(H,12,13,14). The first-order valence-electron chi connectivity index (χ1n) is 5.47. The normalized spacial score (nSPS) is 16.8. The molecule has 0 spiro atoms. The van der Waals surface area contributed by atoms with Gasteiger partial charge in [0.1, 0.15) is 0 Å². The molecule has 1 saturated carbocycles. The van der Waals surface area contributed by atoms with Crippen molar-refractivity contribution in [2.24, 2.45) is 11.8 Å². The lowest BCUT2D eigenvalue weighted by atomic mass is 10.1. The van der Waals surface area contributed by atoms with E-state index in [2.05, 4.69) is 22.2 Å². The van der Waals surface area contributed by atoms with E-state index in [-0.39, 0.29) is 5.69 Å². The van der Waals surface area contributed by atoms with Crippen LogP contribution < -0.4 is 5.32 Å². The summed E-state index contributed by atoms with van der Waals surface area (Å²) in [5.74, 6) is 0.778. The monoisotopic (exact) mass is 221 g/mol. The van der Waals surface area contributed by atoms with Crippen LogP contribution in [0.1, 0.15) is 30.3 Å². The highest BCUT2D eigenvalue weighted by atomic mass is 16.4. The third-order valence-corrected chi connectivity index (χ3v) is 2.88. The molecule has 1 unspecified atom stereocenters.